The van der Waals surface area contributed by atoms with Crippen molar-refractivity contribution in [3.8, 4) is 11.8 Å². The molecule has 6 heterocycles. The van der Waals surface area contributed by atoms with E-state index in [1.807, 2.05) is 16.8 Å². The van der Waals surface area contributed by atoms with Gasteiger partial charge in [0, 0.05) is 38.0 Å². The lowest BCUT2D eigenvalue weighted by molar-refractivity contribution is -0.0420. The lowest BCUT2D eigenvalue weighted by atomic mass is 10.1. The minimum absolute atomic E-state index is 0.102. The van der Waals surface area contributed by atoms with Crippen molar-refractivity contribution in [1.29, 1.82) is 0 Å². The maximum atomic E-state index is 6.68. The van der Waals surface area contributed by atoms with Gasteiger partial charge in [-0.15, -0.1) is 6.58 Å². The second kappa shape index (κ2) is 10.0. The average molecular weight is 558 g/mol. The summed E-state index contributed by atoms with van der Waals surface area (Å²) in [6, 6.07) is 2.29. The molecule has 0 aromatic carbocycles. The van der Waals surface area contributed by atoms with Gasteiger partial charge in [-0.25, -0.2) is 9.67 Å². The van der Waals surface area contributed by atoms with Gasteiger partial charge in [0.05, 0.1) is 38.2 Å². The van der Waals surface area contributed by atoms with Crippen molar-refractivity contribution in [3.05, 3.63) is 41.2 Å². The van der Waals surface area contributed by atoms with Crippen LogP contribution in [0.2, 0.25) is 23.2 Å². The van der Waals surface area contributed by atoms with E-state index in [1.165, 1.54) is 0 Å². The summed E-state index contributed by atoms with van der Waals surface area (Å²) in [6.45, 7) is 16.7. The van der Waals surface area contributed by atoms with E-state index in [0.29, 0.717) is 48.9 Å². The molecule has 1 radical (unpaired) electrons. The minimum atomic E-state index is -0.495. The number of ether oxygens (including phenoxy) is 4. The minimum Gasteiger partial charge on any atom is -0.456 e. The topological polar surface area (TPSA) is 97.5 Å². The van der Waals surface area contributed by atoms with E-state index in [-0.39, 0.29) is 29.5 Å². The lowest BCUT2D eigenvalue weighted by Gasteiger charge is -2.30. The van der Waals surface area contributed by atoms with Crippen LogP contribution in [0.5, 0.6) is 6.01 Å². The van der Waals surface area contributed by atoms with Gasteiger partial charge in [-0.3, -0.25) is 4.57 Å². The van der Waals surface area contributed by atoms with E-state index in [2.05, 4.69) is 43.9 Å². The van der Waals surface area contributed by atoms with Crippen LogP contribution in [-0.2, 0) is 33.8 Å². The summed E-state index contributed by atoms with van der Waals surface area (Å²) in [4.78, 5) is 9.50. The van der Waals surface area contributed by atoms with Crippen LogP contribution >= 0.6 is 11.6 Å². The van der Waals surface area contributed by atoms with Gasteiger partial charge >= 0.3 is 0 Å². The highest BCUT2D eigenvalue weighted by Crippen LogP contribution is 2.35. The maximum Gasteiger partial charge on any atom is 0.299 e. The number of allylic oxidation sites excluding steroid dienone is 1. The van der Waals surface area contributed by atoms with E-state index < -0.39 is 8.80 Å². The highest BCUT2D eigenvalue weighted by Gasteiger charge is 2.50. The second-order valence-corrected chi connectivity index (χ2v) is 14.8. The Morgan fingerprint density at radius 3 is 2.71 bits per heavy atom. The van der Waals surface area contributed by atoms with Crippen LogP contribution < -0.4 is 10.1 Å². The molecule has 3 aromatic heterocycles. The first kappa shape index (κ1) is 26.0. The second-order valence-electron chi connectivity index (χ2n) is 11.1. The summed E-state index contributed by atoms with van der Waals surface area (Å²) in [5, 5.41) is 8.59. The van der Waals surface area contributed by atoms with Crippen LogP contribution in [0.15, 0.2) is 24.9 Å². The molecule has 10 nitrogen and oxygen atoms in total. The Bertz CT molecular complexity index is 1340. The van der Waals surface area contributed by atoms with Gasteiger partial charge in [0.25, 0.3) is 6.01 Å². The van der Waals surface area contributed by atoms with Crippen molar-refractivity contribution in [2.45, 2.75) is 76.0 Å². The summed E-state index contributed by atoms with van der Waals surface area (Å²) < 4.78 is 28.6. The van der Waals surface area contributed by atoms with Crippen molar-refractivity contribution in [3.63, 3.8) is 0 Å². The number of hydrogen-bond donors (Lipinski definition) is 1. The third-order valence-electron chi connectivity index (χ3n) is 7.89. The number of fused-ring (bicyclic) bond motifs is 3. The molecule has 0 saturated carbocycles. The molecular weight excluding hydrogens is 524 g/mol. The largest absolute Gasteiger partial charge is 0.456 e. The summed E-state index contributed by atoms with van der Waals surface area (Å²) >= 11 is 6.68. The first-order valence-electron chi connectivity index (χ1n) is 13.0. The molecule has 3 aliphatic heterocycles. The molecule has 0 amide bonds. The Morgan fingerprint density at radius 1 is 1.21 bits per heavy atom. The van der Waals surface area contributed by atoms with Gasteiger partial charge < -0.3 is 24.3 Å². The molecule has 2 fully saturated rings. The van der Waals surface area contributed by atoms with E-state index >= 15 is 0 Å². The van der Waals surface area contributed by atoms with Gasteiger partial charge in [-0.05, 0) is 11.1 Å². The number of nitrogens with one attached hydrogen (secondary N) is 1. The molecule has 0 unspecified atom stereocenters. The van der Waals surface area contributed by atoms with Gasteiger partial charge in [-0.1, -0.05) is 44.6 Å². The third kappa shape index (κ3) is 4.59. The van der Waals surface area contributed by atoms with Crippen molar-refractivity contribution in [2.24, 2.45) is 0 Å². The van der Waals surface area contributed by atoms with Crippen LogP contribution in [0.3, 0.4) is 0 Å². The van der Waals surface area contributed by atoms with Crippen molar-refractivity contribution >= 4 is 31.6 Å². The smallest absolute Gasteiger partial charge is 0.299 e. The standard InChI is InChI=1S/C26H34ClN6O4Si/c1-6-7-32-18-8-16(27)24(33-11-15-9-28-10-17(15)31-33)29-23(18)30-25(32)37-20-13-35-21-19(12-34-22(20)21)36-14-26(2,3)38(4)5/h6,8,11,19-22,28H,1,7,9-10,12-14H2,2-5H3/t19-,20-,21+,22-/m1/s1. The van der Waals surface area contributed by atoms with Crippen molar-refractivity contribution in [1.82, 2.24) is 29.6 Å². The Hall–Kier alpha value is -2.28. The number of rotatable bonds is 9. The van der Waals surface area contributed by atoms with Gasteiger partial charge in [0.1, 0.15) is 18.3 Å². The zero-order chi connectivity index (χ0) is 26.6. The molecule has 203 valence electrons. The first-order valence-corrected chi connectivity index (χ1v) is 15.9. The average Bonchev–Trinajstić information content (AvgIpc) is 3.67. The summed E-state index contributed by atoms with van der Waals surface area (Å²) in [5.74, 6) is 0.540. The number of nitrogens with zero attached hydrogens (tertiary/aromatic N) is 5. The lowest BCUT2D eigenvalue weighted by Crippen LogP contribution is -2.37. The molecule has 2 saturated heterocycles. The van der Waals surface area contributed by atoms with E-state index in [0.717, 1.165) is 29.9 Å². The fourth-order valence-corrected chi connectivity index (χ4v) is 5.59. The fourth-order valence-electron chi connectivity index (χ4n) is 4.99. The summed E-state index contributed by atoms with van der Waals surface area (Å²) in [7, 11) is -0.495. The molecule has 0 aliphatic carbocycles. The normalized spacial score (nSPS) is 24.9. The molecule has 6 rings (SSSR count). The number of aromatic nitrogens is 5. The quantitative estimate of drug-likeness (QED) is 0.315. The molecule has 12 heteroatoms. The van der Waals surface area contributed by atoms with Crippen LogP contribution in [0.25, 0.3) is 17.0 Å². The number of imidazole rings is 1. The Morgan fingerprint density at radius 2 is 1.97 bits per heavy atom. The number of hydrogen-bond acceptors (Lipinski definition) is 8. The van der Waals surface area contributed by atoms with Crippen LogP contribution in [-0.4, -0.2) is 77.3 Å². The third-order valence-corrected chi connectivity index (χ3v) is 11.0. The van der Waals surface area contributed by atoms with Crippen molar-refractivity contribution in [2.75, 3.05) is 19.8 Å². The van der Waals surface area contributed by atoms with Gasteiger partial charge in [-0.2, -0.15) is 10.1 Å². The van der Waals surface area contributed by atoms with Gasteiger partial charge in [0.2, 0.25) is 0 Å². The predicted molar refractivity (Wildman–Crippen MR) is 146 cm³/mol. The molecule has 4 atom stereocenters. The van der Waals surface area contributed by atoms with Crippen LogP contribution in [0, 0.1) is 0 Å². The summed E-state index contributed by atoms with van der Waals surface area (Å²) in [6.07, 6.45) is 2.96. The maximum absolute atomic E-state index is 6.68. The zero-order valence-corrected chi connectivity index (χ0v) is 24.0. The van der Waals surface area contributed by atoms with Gasteiger partial charge in [0.15, 0.2) is 17.6 Å². The zero-order valence-electron chi connectivity index (χ0n) is 22.2. The molecule has 0 spiro atoms. The SMILES string of the molecule is C=CCn1c(O[C@@H]2CO[C@@H]3[C@@H]2OC[C@H]3OCC(C)(C)[Si](C)C)nc2nc(-n3cc4c(n3)CNC4)c(Cl)cc21. The number of pyridine rings is 1. The van der Waals surface area contributed by atoms with Crippen molar-refractivity contribution < 1.29 is 18.9 Å². The molecule has 0 bridgehead atoms. The number of halogens is 1. The summed E-state index contributed by atoms with van der Waals surface area (Å²) in [5.41, 5.74) is 3.44. The Balaban J connectivity index is 1.22. The fraction of sp³-hybridized carbons (Fsp3) is 0.577. The highest BCUT2D eigenvalue weighted by molar-refractivity contribution is 6.59. The van der Waals surface area contributed by atoms with Crippen LogP contribution in [0.4, 0.5) is 0 Å². The molecule has 38 heavy (non-hydrogen) atoms. The van der Waals surface area contributed by atoms with E-state index in [9.17, 15) is 0 Å². The van der Waals surface area contributed by atoms with E-state index in [4.69, 9.17) is 40.5 Å². The molecule has 3 aliphatic rings. The molecular formula is C26H34ClN6O4Si. The molecule has 3 aromatic rings. The first-order chi connectivity index (χ1) is 18.2. The predicted octanol–water partition coefficient (Wildman–Crippen LogP) is 3.52. The Kier molecular flexibility index (Phi) is 6.86. The highest BCUT2D eigenvalue weighted by atomic mass is 35.5. The van der Waals surface area contributed by atoms with E-state index in [1.54, 1.807) is 10.8 Å². The molecule has 1 N–H and O–H groups in total. The monoisotopic (exact) mass is 557 g/mol. The Labute approximate surface area is 228 Å². The van der Waals surface area contributed by atoms with Crippen LogP contribution in [0.1, 0.15) is 25.1 Å².